The number of nitrogens with one attached hydrogen (secondary N) is 1. The van der Waals surface area contributed by atoms with Gasteiger partial charge in [-0.3, -0.25) is 4.79 Å². The van der Waals surface area contributed by atoms with Crippen molar-refractivity contribution in [3.8, 4) is 11.3 Å². The minimum Gasteiger partial charge on any atom is -0.355 e. The topological polar surface area (TPSA) is 62.5 Å². The molecular weight excluding hydrogens is 426 g/mol. The van der Waals surface area contributed by atoms with E-state index in [1.165, 1.54) is 10.4 Å². The second kappa shape index (κ2) is 8.80. The van der Waals surface area contributed by atoms with Crippen LogP contribution in [0.5, 0.6) is 0 Å². The molecule has 1 fully saturated rings. The summed E-state index contributed by atoms with van der Waals surface area (Å²) in [6, 6.07) is 12.6. The molecule has 1 saturated heterocycles. The van der Waals surface area contributed by atoms with Gasteiger partial charge in [0.1, 0.15) is 0 Å². The zero-order valence-electron chi connectivity index (χ0n) is 17.5. The Labute approximate surface area is 189 Å². The first-order valence-electron chi connectivity index (χ1n) is 10.6. The van der Waals surface area contributed by atoms with Crippen molar-refractivity contribution in [2.24, 2.45) is 5.92 Å². The van der Waals surface area contributed by atoms with Crippen LogP contribution in [0.3, 0.4) is 0 Å². The van der Waals surface area contributed by atoms with Gasteiger partial charge in [0.25, 0.3) is 0 Å². The summed E-state index contributed by atoms with van der Waals surface area (Å²) in [4.78, 5) is 21.8. The first-order chi connectivity index (χ1) is 15.2. The molecule has 8 heteroatoms. The molecule has 1 aromatic carbocycles. The van der Waals surface area contributed by atoms with E-state index in [1.54, 1.807) is 22.7 Å². The molecule has 0 spiro atoms. The van der Waals surface area contributed by atoms with Crippen molar-refractivity contribution in [2.45, 2.75) is 26.2 Å². The Kier molecular flexibility index (Phi) is 5.74. The molecule has 1 amide bonds. The van der Waals surface area contributed by atoms with E-state index >= 15 is 0 Å². The van der Waals surface area contributed by atoms with Crippen molar-refractivity contribution in [1.82, 2.24) is 19.9 Å². The van der Waals surface area contributed by atoms with E-state index in [9.17, 15) is 4.79 Å². The molecule has 0 bridgehead atoms. The summed E-state index contributed by atoms with van der Waals surface area (Å²) < 4.78 is 1.87. The number of benzene rings is 1. The molecule has 3 aromatic heterocycles. The van der Waals surface area contributed by atoms with Crippen LogP contribution >= 0.6 is 22.7 Å². The first kappa shape index (κ1) is 20.2. The molecule has 4 heterocycles. The highest BCUT2D eigenvalue weighted by Gasteiger charge is 2.26. The van der Waals surface area contributed by atoms with Crippen molar-refractivity contribution in [3.05, 3.63) is 58.4 Å². The summed E-state index contributed by atoms with van der Waals surface area (Å²) in [5.41, 5.74) is 3.30. The number of piperidine rings is 1. The summed E-state index contributed by atoms with van der Waals surface area (Å²) in [6.07, 6.45) is 4.63. The number of carbonyl (C=O) groups is 1. The molecular formula is C23H25N5OS2. The van der Waals surface area contributed by atoms with Crippen LogP contribution in [-0.4, -0.2) is 40.1 Å². The van der Waals surface area contributed by atoms with Crippen LogP contribution in [-0.2, 0) is 11.2 Å². The summed E-state index contributed by atoms with van der Waals surface area (Å²) >= 11 is 3.35. The Bertz CT molecular complexity index is 1120. The Hall–Kier alpha value is -2.71. The SMILES string of the molecule is Cc1ccc(-c2cn3nc(N4CCC(C(=O)NCCc5cccs5)CC4)sc3n2)cc1. The van der Waals surface area contributed by atoms with Crippen LogP contribution in [0.15, 0.2) is 48.0 Å². The fourth-order valence-electron chi connectivity index (χ4n) is 3.92. The number of aryl methyl sites for hydroxylation is 1. The Morgan fingerprint density at radius 3 is 2.71 bits per heavy atom. The standard InChI is InChI=1S/C23H25N5OS2/c1-16-4-6-17(7-5-16)20-15-28-22(25-20)31-23(26-28)27-12-9-18(10-13-27)21(29)24-11-8-19-3-2-14-30-19/h2-7,14-15,18H,8-13H2,1H3,(H,24,29). The van der Waals surface area contributed by atoms with Crippen LogP contribution in [0.1, 0.15) is 23.3 Å². The van der Waals surface area contributed by atoms with Crippen molar-refractivity contribution in [2.75, 3.05) is 24.5 Å². The van der Waals surface area contributed by atoms with E-state index in [4.69, 9.17) is 10.1 Å². The number of anilines is 1. The highest BCUT2D eigenvalue weighted by Crippen LogP contribution is 2.29. The number of fused-ring (bicyclic) bond motifs is 1. The Balaban J connectivity index is 1.16. The predicted molar refractivity (Wildman–Crippen MR) is 127 cm³/mol. The smallest absolute Gasteiger partial charge is 0.223 e. The zero-order chi connectivity index (χ0) is 21.2. The van der Waals surface area contributed by atoms with Crippen LogP contribution in [0.4, 0.5) is 5.13 Å². The van der Waals surface area contributed by atoms with Gasteiger partial charge in [-0.2, -0.15) is 0 Å². The molecule has 160 valence electrons. The van der Waals surface area contributed by atoms with Gasteiger partial charge in [-0.1, -0.05) is 47.2 Å². The molecule has 1 aliphatic rings. The Morgan fingerprint density at radius 1 is 1.19 bits per heavy atom. The van der Waals surface area contributed by atoms with Crippen LogP contribution < -0.4 is 10.2 Å². The minimum atomic E-state index is 0.0942. The number of hydrogen-bond donors (Lipinski definition) is 1. The molecule has 5 rings (SSSR count). The number of rotatable bonds is 6. The number of hydrogen-bond acceptors (Lipinski definition) is 6. The molecule has 1 aliphatic heterocycles. The second-order valence-electron chi connectivity index (χ2n) is 7.99. The lowest BCUT2D eigenvalue weighted by atomic mass is 9.96. The van der Waals surface area contributed by atoms with E-state index in [0.717, 1.165) is 53.7 Å². The van der Waals surface area contributed by atoms with Crippen LogP contribution in [0.25, 0.3) is 16.2 Å². The maximum absolute atomic E-state index is 12.5. The van der Waals surface area contributed by atoms with Gasteiger partial charge in [0.2, 0.25) is 16.0 Å². The third kappa shape index (κ3) is 4.50. The minimum absolute atomic E-state index is 0.0942. The van der Waals surface area contributed by atoms with Crippen molar-refractivity contribution in [1.29, 1.82) is 0 Å². The highest BCUT2D eigenvalue weighted by molar-refractivity contribution is 7.20. The van der Waals surface area contributed by atoms with E-state index in [0.29, 0.717) is 6.54 Å². The second-order valence-corrected chi connectivity index (χ2v) is 9.95. The average Bonchev–Trinajstić information content (AvgIpc) is 3.51. The van der Waals surface area contributed by atoms with Gasteiger partial charge in [-0.05, 0) is 37.6 Å². The normalized spacial score (nSPS) is 14.9. The number of carbonyl (C=O) groups excluding carboxylic acids is 1. The zero-order valence-corrected chi connectivity index (χ0v) is 19.1. The van der Waals surface area contributed by atoms with E-state index in [2.05, 4.69) is 58.9 Å². The molecule has 0 radical (unpaired) electrons. The monoisotopic (exact) mass is 451 g/mol. The van der Waals surface area contributed by atoms with Gasteiger partial charge in [-0.15, -0.1) is 16.4 Å². The Morgan fingerprint density at radius 2 is 2.00 bits per heavy atom. The average molecular weight is 452 g/mol. The van der Waals surface area contributed by atoms with Gasteiger partial charge in [0, 0.05) is 36.0 Å². The number of imidazole rings is 1. The van der Waals surface area contributed by atoms with Gasteiger partial charge in [0.15, 0.2) is 0 Å². The van der Waals surface area contributed by atoms with Gasteiger partial charge < -0.3 is 10.2 Å². The molecule has 0 atom stereocenters. The molecule has 1 N–H and O–H groups in total. The van der Waals surface area contributed by atoms with Crippen molar-refractivity contribution >= 4 is 38.7 Å². The predicted octanol–water partition coefficient (Wildman–Crippen LogP) is 4.40. The highest BCUT2D eigenvalue weighted by atomic mass is 32.1. The van der Waals surface area contributed by atoms with Gasteiger partial charge in [-0.25, -0.2) is 9.50 Å². The van der Waals surface area contributed by atoms with E-state index < -0.39 is 0 Å². The molecule has 0 aliphatic carbocycles. The first-order valence-corrected chi connectivity index (χ1v) is 12.3. The molecule has 31 heavy (non-hydrogen) atoms. The summed E-state index contributed by atoms with van der Waals surface area (Å²) in [7, 11) is 0. The van der Waals surface area contributed by atoms with Gasteiger partial charge >= 0.3 is 0 Å². The lowest BCUT2D eigenvalue weighted by Crippen LogP contribution is -2.41. The quantitative estimate of drug-likeness (QED) is 0.472. The molecule has 0 saturated carbocycles. The number of thiophene rings is 1. The molecule has 0 unspecified atom stereocenters. The fourth-order valence-corrected chi connectivity index (χ4v) is 5.57. The lowest BCUT2D eigenvalue weighted by molar-refractivity contribution is -0.125. The van der Waals surface area contributed by atoms with Crippen LogP contribution in [0.2, 0.25) is 0 Å². The third-order valence-corrected chi connectivity index (χ3v) is 7.69. The molecule has 4 aromatic rings. The van der Waals surface area contributed by atoms with E-state index in [-0.39, 0.29) is 11.8 Å². The maximum atomic E-state index is 12.5. The van der Waals surface area contributed by atoms with Crippen LogP contribution in [0, 0.1) is 12.8 Å². The summed E-state index contributed by atoms with van der Waals surface area (Å²) in [6.45, 7) is 4.50. The maximum Gasteiger partial charge on any atom is 0.223 e. The third-order valence-electron chi connectivity index (χ3n) is 5.77. The number of amides is 1. The van der Waals surface area contributed by atoms with Gasteiger partial charge in [0.05, 0.1) is 11.9 Å². The largest absolute Gasteiger partial charge is 0.355 e. The number of aromatic nitrogens is 3. The summed E-state index contributed by atoms with van der Waals surface area (Å²) in [5, 5.41) is 10.9. The van der Waals surface area contributed by atoms with Crippen molar-refractivity contribution < 1.29 is 4.79 Å². The summed E-state index contributed by atoms with van der Waals surface area (Å²) in [5.74, 6) is 0.282. The van der Waals surface area contributed by atoms with E-state index in [1.807, 2.05) is 10.7 Å². The molecule has 6 nitrogen and oxygen atoms in total. The van der Waals surface area contributed by atoms with Crippen molar-refractivity contribution in [3.63, 3.8) is 0 Å². The fraction of sp³-hybridized carbons (Fsp3) is 0.348. The lowest BCUT2D eigenvalue weighted by Gasteiger charge is -2.30. The number of nitrogens with zero attached hydrogens (tertiary/aromatic N) is 4.